The number of amides is 1. The number of hydrogen-bond donors (Lipinski definition) is 2. The van der Waals surface area contributed by atoms with Crippen LogP contribution in [0.4, 0.5) is 5.69 Å². The van der Waals surface area contributed by atoms with Crippen LogP contribution in [0.5, 0.6) is 0 Å². The molecule has 114 valence electrons. The maximum Gasteiger partial charge on any atom is 0.272 e. The second kappa shape index (κ2) is 7.11. The Bertz CT molecular complexity index is 679. The van der Waals surface area contributed by atoms with Crippen LogP contribution >= 0.6 is 0 Å². The molecule has 0 fully saturated rings. The van der Waals surface area contributed by atoms with E-state index in [0.29, 0.717) is 17.7 Å². The number of aliphatic imine (C=N–C) groups is 1. The Morgan fingerprint density at radius 2 is 2.27 bits per heavy atom. The van der Waals surface area contributed by atoms with Crippen molar-refractivity contribution in [3.05, 3.63) is 52.2 Å². The van der Waals surface area contributed by atoms with Crippen molar-refractivity contribution in [3.63, 3.8) is 0 Å². The van der Waals surface area contributed by atoms with Crippen molar-refractivity contribution in [2.24, 2.45) is 10.1 Å². The lowest BCUT2D eigenvalue weighted by Crippen LogP contribution is -2.36. The second-order valence-electron chi connectivity index (χ2n) is 4.63. The topological polar surface area (TPSA) is 109 Å². The van der Waals surface area contributed by atoms with Crippen LogP contribution < -0.4 is 10.7 Å². The first-order chi connectivity index (χ1) is 10.6. The summed E-state index contributed by atoms with van der Waals surface area (Å²) in [6, 6.07) is 6.54. The van der Waals surface area contributed by atoms with Crippen molar-refractivity contribution >= 4 is 23.3 Å². The van der Waals surface area contributed by atoms with Crippen molar-refractivity contribution < 1.29 is 9.72 Å². The summed E-state index contributed by atoms with van der Waals surface area (Å²) in [5, 5.41) is 17.3. The molecule has 0 bridgehead atoms. The number of allylic oxidation sites excluding steroid dienone is 1. The molecule has 1 aliphatic rings. The predicted molar refractivity (Wildman–Crippen MR) is 82.4 cm³/mol. The Balaban J connectivity index is 1.93. The number of carbonyl (C=O) groups is 1. The number of hydrazone groups is 1. The van der Waals surface area contributed by atoms with Crippen LogP contribution in [0.3, 0.4) is 0 Å². The van der Waals surface area contributed by atoms with Crippen molar-refractivity contribution in [2.45, 2.75) is 19.8 Å². The van der Waals surface area contributed by atoms with E-state index >= 15 is 0 Å². The van der Waals surface area contributed by atoms with E-state index in [1.165, 1.54) is 12.3 Å². The Hall–Kier alpha value is -3.03. The van der Waals surface area contributed by atoms with Crippen LogP contribution in [0.25, 0.3) is 0 Å². The van der Waals surface area contributed by atoms with Gasteiger partial charge in [0.2, 0.25) is 11.9 Å². The van der Waals surface area contributed by atoms with E-state index < -0.39 is 4.92 Å². The Labute approximate surface area is 126 Å². The zero-order valence-corrected chi connectivity index (χ0v) is 11.9. The molecule has 0 saturated carbocycles. The molecule has 8 heteroatoms. The van der Waals surface area contributed by atoms with Gasteiger partial charge in [-0.05, 0) is 13.3 Å². The fourth-order valence-corrected chi connectivity index (χ4v) is 1.90. The molecule has 8 nitrogen and oxygen atoms in total. The van der Waals surface area contributed by atoms with E-state index in [4.69, 9.17) is 0 Å². The number of nitrogens with one attached hydrogen (secondary N) is 2. The van der Waals surface area contributed by atoms with E-state index in [1.54, 1.807) is 31.2 Å². The zero-order chi connectivity index (χ0) is 15.9. The molecule has 1 amide bonds. The quantitative estimate of drug-likeness (QED) is 0.634. The van der Waals surface area contributed by atoms with Crippen LogP contribution in [0.15, 0.2) is 46.6 Å². The molecule has 22 heavy (non-hydrogen) atoms. The highest BCUT2D eigenvalue weighted by Gasteiger charge is 2.13. The van der Waals surface area contributed by atoms with Crippen LogP contribution in [-0.2, 0) is 11.2 Å². The van der Waals surface area contributed by atoms with Gasteiger partial charge in [0.25, 0.3) is 5.69 Å². The molecule has 1 heterocycles. The number of guanidine groups is 1. The van der Waals surface area contributed by atoms with Crippen molar-refractivity contribution in [1.29, 1.82) is 0 Å². The zero-order valence-electron chi connectivity index (χ0n) is 11.9. The van der Waals surface area contributed by atoms with Crippen LogP contribution in [0.1, 0.15) is 18.9 Å². The second-order valence-corrected chi connectivity index (χ2v) is 4.63. The summed E-state index contributed by atoms with van der Waals surface area (Å²) < 4.78 is 0. The first-order valence-corrected chi connectivity index (χ1v) is 6.61. The molecule has 2 rings (SSSR count). The molecule has 1 aliphatic heterocycles. The number of para-hydroxylation sites is 1. The molecule has 1 aromatic rings. The first kappa shape index (κ1) is 15.4. The number of nitro benzene ring substituents is 1. The van der Waals surface area contributed by atoms with Crippen LogP contribution in [0.2, 0.25) is 0 Å². The molecule has 0 atom stereocenters. The third-order valence-corrected chi connectivity index (χ3v) is 2.85. The molecule has 0 saturated heterocycles. The van der Waals surface area contributed by atoms with E-state index in [9.17, 15) is 14.9 Å². The fourth-order valence-electron chi connectivity index (χ4n) is 1.90. The summed E-state index contributed by atoms with van der Waals surface area (Å²) in [6.07, 6.45) is 3.90. The van der Waals surface area contributed by atoms with Gasteiger partial charge in [-0.15, -0.1) is 5.10 Å². The van der Waals surface area contributed by atoms with Crippen LogP contribution in [0, 0.1) is 10.1 Å². The summed E-state index contributed by atoms with van der Waals surface area (Å²) in [4.78, 5) is 25.8. The maximum atomic E-state index is 11.3. The van der Waals surface area contributed by atoms with E-state index in [2.05, 4.69) is 20.8 Å². The highest BCUT2D eigenvalue weighted by Crippen LogP contribution is 2.18. The lowest BCUT2D eigenvalue weighted by Gasteiger charge is -2.10. The van der Waals surface area contributed by atoms with Gasteiger partial charge in [0.1, 0.15) is 0 Å². The Morgan fingerprint density at radius 3 is 3.00 bits per heavy atom. The van der Waals surface area contributed by atoms with Crippen LogP contribution in [-0.4, -0.2) is 22.5 Å². The third kappa shape index (κ3) is 4.23. The van der Waals surface area contributed by atoms with Crippen molar-refractivity contribution in [2.75, 3.05) is 0 Å². The largest absolute Gasteiger partial charge is 0.293 e. The van der Waals surface area contributed by atoms with Gasteiger partial charge < -0.3 is 0 Å². The summed E-state index contributed by atoms with van der Waals surface area (Å²) in [6.45, 7) is 1.75. The van der Waals surface area contributed by atoms with Gasteiger partial charge in [0, 0.05) is 23.5 Å². The maximum absolute atomic E-state index is 11.3. The molecule has 1 aromatic carbocycles. The first-order valence-electron chi connectivity index (χ1n) is 6.61. The Morgan fingerprint density at radius 1 is 1.50 bits per heavy atom. The molecule has 2 N–H and O–H groups in total. The Kier molecular flexibility index (Phi) is 4.97. The molecule has 0 radical (unpaired) electrons. The molecular formula is C14H15N5O3. The smallest absolute Gasteiger partial charge is 0.272 e. The minimum absolute atomic E-state index is 0.0817. The number of benzene rings is 1. The number of nitrogens with zero attached hydrogens (tertiary/aromatic N) is 3. The average molecular weight is 301 g/mol. The standard InChI is InChI=1S/C14H15N5O3/c1-10-9-13(20)17-14(16-10)18-15-8-4-6-11-5-2-3-7-12(11)19(21)22/h2-5,7-8,15H,6,9H2,1H3,(H,17,18,20)/b8-4+. The van der Waals surface area contributed by atoms with Gasteiger partial charge in [0.15, 0.2) is 0 Å². The minimum atomic E-state index is -0.411. The molecule has 0 aliphatic carbocycles. The van der Waals surface area contributed by atoms with Crippen molar-refractivity contribution in [3.8, 4) is 0 Å². The molecular weight excluding hydrogens is 286 g/mol. The van der Waals surface area contributed by atoms with Gasteiger partial charge in [-0.1, -0.05) is 24.3 Å². The molecule has 0 spiro atoms. The predicted octanol–water partition coefficient (Wildman–Crippen LogP) is 1.49. The highest BCUT2D eigenvalue weighted by molar-refractivity contribution is 6.14. The molecule has 0 unspecified atom stereocenters. The summed E-state index contributed by atoms with van der Waals surface area (Å²) in [7, 11) is 0. The average Bonchev–Trinajstić information content (AvgIpc) is 2.46. The van der Waals surface area contributed by atoms with E-state index in [-0.39, 0.29) is 24.0 Å². The number of nitro groups is 1. The minimum Gasteiger partial charge on any atom is -0.293 e. The summed E-state index contributed by atoms with van der Waals surface area (Å²) in [5.41, 5.74) is 4.01. The van der Waals surface area contributed by atoms with Gasteiger partial charge in [-0.2, -0.15) is 0 Å². The van der Waals surface area contributed by atoms with Crippen molar-refractivity contribution in [1.82, 2.24) is 10.7 Å². The van der Waals surface area contributed by atoms with Gasteiger partial charge >= 0.3 is 0 Å². The summed E-state index contributed by atoms with van der Waals surface area (Å²) >= 11 is 0. The lowest BCUT2D eigenvalue weighted by molar-refractivity contribution is -0.385. The molecule has 0 aromatic heterocycles. The number of carbonyl (C=O) groups excluding carboxylic acids is 1. The van der Waals surface area contributed by atoms with Gasteiger partial charge in [-0.25, -0.2) is 4.99 Å². The summed E-state index contributed by atoms with van der Waals surface area (Å²) in [5.74, 6) is 0.0426. The fraction of sp³-hybridized carbons (Fsp3) is 0.214. The van der Waals surface area contributed by atoms with E-state index in [0.717, 1.165) is 0 Å². The van der Waals surface area contributed by atoms with Gasteiger partial charge in [-0.3, -0.25) is 25.7 Å². The lowest BCUT2D eigenvalue weighted by atomic mass is 10.1. The SMILES string of the molecule is CC1=N/C(=N/N/C=C/Cc2ccccc2[N+](=O)[O-])NC(=O)C1. The number of hydrogen-bond acceptors (Lipinski definition) is 5. The van der Waals surface area contributed by atoms with E-state index in [1.807, 2.05) is 0 Å². The highest BCUT2D eigenvalue weighted by atomic mass is 16.6. The third-order valence-electron chi connectivity index (χ3n) is 2.85. The monoisotopic (exact) mass is 301 g/mol. The van der Waals surface area contributed by atoms with Gasteiger partial charge in [0.05, 0.1) is 11.3 Å². The number of rotatable bonds is 5. The normalized spacial score (nSPS) is 16.5.